The van der Waals surface area contributed by atoms with Gasteiger partial charge in [0.2, 0.25) is 0 Å². The van der Waals surface area contributed by atoms with Gasteiger partial charge in [-0.25, -0.2) is 8.42 Å². The molecule has 128 valence electrons. The van der Waals surface area contributed by atoms with Crippen molar-refractivity contribution in [3.05, 3.63) is 64.7 Å². The third-order valence-corrected chi connectivity index (χ3v) is 6.36. The molecule has 0 amide bonds. The van der Waals surface area contributed by atoms with Crippen LogP contribution in [-0.4, -0.2) is 22.1 Å². The Balaban J connectivity index is 2.54. The molecular formula is C18H20BrNO3S. The Morgan fingerprint density at radius 2 is 1.88 bits per heavy atom. The molecule has 0 aliphatic carbocycles. The van der Waals surface area contributed by atoms with Crippen LogP contribution >= 0.6 is 15.9 Å². The van der Waals surface area contributed by atoms with Gasteiger partial charge in [0.25, 0.3) is 10.0 Å². The van der Waals surface area contributed by atoms with Crippen LogP contribution in [0, 0.1) is 13.8 Å². The lowest BCUT2D eigenvalue weighted by Crippen LogP contribution is -2.31. The van der Waals surface area contributed by atoms with Gasteiger partial charge in [-0.1, -0.05) is 22.0 Å². The quantitative estimate of drug-likeness (QED) is 0.661. The molecule has 0 N–H and O–H groups in total. The normalized spacial score (nSPS) is 11.2. The summed E-state index contributed by atoms with van der Waals surface area (Å²) >= 11 is 3.44. The standard InChI is InChI=1S/C18H20BrNO3S/c1-5-10-20(15-6-8-17(19)13(2)11-15)24(21,22)16-7-9-18(23-4)14(3)12-16/h5-9,11-12H,1,10H2,2-4H3. The minimum absolute atomic E-state index is 0.189. The Labute approximate surface area is 151 Å². The first-order chi connectivity index (χ1) is 11.3. The molecule has 0 aliphatic heterocycles. The highest BCUT2D eigenvalue weighted by atomic mass is 79.9. The third-order valence-electron chi connectivity index (χ3n) is 3.68. The van der Waals surface area contributed by atoms with E-state index in [9.17, 15) is 8.42 Å². The van der Waals surface area contributed by atoms with E-state index in [-0.39, 0.29) is 11.4 Å². The molecule has 6 heteroatoms. The smallest absolute Gasteiger partial charge is 0.264 e. The van der Waals surface area contributed by atoms with Crippen molar-refractivity contribution in [2.75, 3.05) is 18.0 Å². The zero-order valence-corrected chi connectivity index (χ0v) is 16.3. The predicted molar refractivity (Wildman–Crippen MR) is 101 cm³/mol. The number of ether oxygens (including phenoxy) is 1. The maximum atomic E-state index is 13.1. The first-order valence-electron chi connectivity index (χ1n) is 7.35. The fourth-order valence-electron chi connectivity index (χ4n) is 2.38. The Hall–Kier alpha value is -1.79. The second-order valence-corrected chi connectivity index (χ2v) is 8.11. The van der Waals surface area contributed by atoms with Gasteiger partial charge in [-0.3, -0.25) is 4.31 Å². The average Bonchev–Trinajstić information content (AvgIpc) is 2.55. The van der Waals surface area contributed by atoms with Crippen molar-refractivity contribution in [1.29, 1.82) is 0 Å². The Bertz CT molecular complexity index is 863. The molecule has 0 unspecified atom stereocenters. The molecule has 0 radical (unpaired) electrons. The summed E-state index contributed by atoms with van der Waals surface area (Å²) in [6.07, 6.45) is 1.57. The first-order valence-corrected chi connectivity index (χ1v) is 9.59. The van der Waals surface area contributed by atoms with Gasteiger partial charge in [0, 0.05) is 4.47 Å². The van der Waals surface area contributed by atoms with Gasteiger partial charge in [-0.2, -0.15) is 0 Å². The van der Waals surface area contributed by atoms with Crippen molar-refractivity contribution in [2.24, 2.45) is 0 Å². The molecule has 0 atom stereocenters. The Morgan fingerprint density at radius 1 is 1.17 bits per heavy atom. The van der Waals surface area contributed by atoms with Gasteiger partial charge in [0.15, 0.2) is 0 Å². The van der Waals surface area contributed by atoms with Gasteiger partial charge < -0.3 is 4.74 Å². The highest BCUT2D eigenvalue weighted by Gasteiger charge is 2.25. The number of sulfonamides is 1. The molecule has 24 heavy (non-hydrogen) atoms. The van der Waals surface area contributed by atoms with Gasteiger partial charge >= 0.3 is 0 Å². The van der Waals surface area contributed by atoms with E-state index in [1.807, 2.05) is 26.0 Å². The summed E-state index contributed by atoms with van der Waals surface area (Å²) in [4.78, 5) is 0.225. The summed E-state index contributed by atoms with van der Waals surface area (Å²) in [5, 5.41) is 0. The largest absolute Gasteiger partial charge is 0.496 e. The lowest BCUT2D eigenvalue weighted by atomic mass is 10.2. The SMILES string of the molecule is C=CCN(c1ccc(Br)c(C)c1)S(=O)(=O)c1ccc(OC)c(C)c1. The number of anilines is 1. The Kier molecular flexibility index (Phi) is 5.72. The summed E-state index contributed by atoms with van der Waals surface area (Å²) in [6, 6.07) is 10.3. The van der Waals surface area contributed by atoms with E-state index in [0.29, 0.717) is 11.4 Å². The summed E-state index contributed by atoms with van der Waals surface area (Å²) in [6.45, 7) is 7.61. The van der Waals surface area contributed by atoms with Crippen LogP contribution in [-0.2, 0) is 10.0 Å². The number of hydrogen-bond donors (Lipinski definition) is 0. The molecule has 0 saturated carbocycles. The molecule has 0 aliphatic rings. The lowest BCUT2D eigenvalue weighted by Gasteiger charge is -2.24. The number of methoxy groups -OCH3 is 1. The number of halogens is 1. The summed E-state index contributed by atoms with van der Waals surface area (Å²) in [7, 11) is -2.14. The summed E-state index contributed by atoms with van der Waals surface area (Å²) in [5.74, 6) is 0.656. The second-order valence-electron chi connectivity index (χ2n) is 5.39. The topological polar surface area (TPSA) is 46.6 Å². The van der Waals surface area contributed by atoms with E-state index >= 15 is 0 Å². The number of rotatable bonds is 6. The zero-order chi connectivity index (χ0) is 17.9. The number of nitrogens with zero attached hydrogens (tertiary/aromatic N) is 1. The second kappa shape index (κ2) is 7.40. The maximum Gasteiger partial charge on any atom is 0.264 e. The lowest BCUT2D eigenvalue weighted by molar-refractivity contribution is 0.411. The van der Waals surface area contributed by atoms with Crippen LogP contribution in [0.3, 0.4) is 0 Å². The number of benzene rings is 2. The average molecular weight is 410 g/mol. The van der Waals surface area contributed by atoms with E-state index < -0.39 is 10.0 Å². The number of hydrogen-bond acceptors (Lipinski definition) is 3. The highest BCUT2D eigenvalue weighted by molar-refractivity contribution is 9.10. The monoisotopic (exact) mass is 409 g/mol. The molecule has 4 nitrogen and oxygen atoms in total. The third kappa shape index (κ3) is 3.65. The van der Waals surface area contributed by atoms with E-state index in [1.165, 1.54) is 4.31 Å². The molecule has 0 fully saturated rings. The molecule has 2 aromatic carbocycles. The van der Waals surface area contributed by atoms with Crippen molar-refractivity contribution in [2.45, 2.75) is 18.7 Å². The van der Waals surface area contributed by atoms with Crippen LogP contribution in [0.15, 0.2) is 58.4 Å². The van der Waals surface area contributed by atoms with Gasteiger partial charge in [0.1, 0.15) is 5.75 Å². The minimum Gasteiger partial charge on any atom is -0.496 e. The number of aryl methyl sites for hydroxylation is 2. The van der Waals surface area contributed by atoms with Crippen molar-refractivity contribution in [3.63, 3.8) is 0 Å². The van der Waals surface area contributed by atoms with Crippen LogP contribution in [0.1, 0.15) is 11.1 Å². The van der Waals surface area contributed by atoms with Crippen LogP contribution in [0.5, 0.6) is 5.75 Å². The van der Waals surface area contributed by atoms with Gasteiger partial charge in [0.05, 0.1) is 24.2 Å². The predicted octanol–water partition coefficient (Wildman–Crippen LogP) is 4.46. The Morgan fingerprint density at radius 3 is 2.42 bits per heavy atom. The van der Waals surface area contributed by atoms with E-state index in [1.54, 1.807) is 37.5 Å². The van der Waals surface area contributed by atoms with Crippen molar-refractivity contribution < 1.29 is 13.2 Å². The maximum absolute atomic E-state index is 13.1. The highest BCUT2D eigenvalue weighted by Crippen LogP contribution is 2.29. The first kappa shape index (κ1) is 18.5. The molecule has 0 bridgehead atoms. The van der Waals surface area contributed by atoms with Crippen molar-refractivity contribution >= 4 is 31.6 Å². The minimum atomic E-state index is -3.70. The van der Waals surface area contributed by atoms with E-state index in [4.69, 9.17) is 4.74 Å². The van der Waals surface area contributed by atoms with Gasteiger partial charge in [-0.05, 0) is 61.4 Å². The molecule has 0 aromatic heterocycles. The fraction of sp³-hybridized carbons (Fsp3) is 0.222. The summed E-state index contributed by atoms with van der Waals surface area (Å²) in [5.41, 5.74) is 2.33. The van der Waals surface area contributed by atoms with E-state index in [2.05, 4.69) is 22.5 Å². The van der Waals surface area contributed by atoms with Crippen LogP contribution in [0.4, 0.5) is 5.69 Å². The van der Waals surface area contributed by atoms with Crippen LogP contribution < -0.4 is 9.04 Å². The van der Waals surface area contributed by atoms with Crippen LogP contribution in [0.2, 0.25) is 0 Å². The van der Waals surface area contributed by atoms with Crippen LogP contribution in [0.25, 0.3) is 0 Å². The molecule has 2 rings (SSSR count). The zero-order valence-electron chi connectivity index (χ0n) is 13.9. The van der Waals surface area contributed by atoms with Crippen molar-refractivity contribution in [3.8, 4) is 5.75 Å². The van der Waals surface area contributed by atoms with E-state index in [0.717, 1.165) is 15.6 Å². The van der Waals surface area contributed by atoms with Crippen molar-refractivity contribution in [1.82, 2.24) is 0 Å². The molecule has 0 heterocycles. The molecular weight excluding hydrogens is 390 g/mol. The fourth-order valence-corrected chi connectivity index (χ4v) is 4.14. The van der Waals surface area contributed by atoms with Gasteiger partial charge in [-0.15, -0.1) is 6.58 Å². The summed E-state index contributed by atoms with van der Waals surface area (Å²) < 4.78 is 33.7. The molecule has 0 saturated heterocycles. The molecule has 0 spiro atoms. The molecule has 2 aromatic rings.